The van der Waals surface area contributed by atoms with Gasteiger partial charge >= 0.3 is 10.1 Å². The third-order valence-electron chi connectivity index (χ3n) is 2.52. The van der Waals surface area contributed by atoms with Gasteiger partial charge in [0.15, 0.2) is 5.75 Å². The van der Waals surface area contributed by atoms with Crippen molar-refractivity contribution in [3.63, 3.8) is 0 Å². The first kappa shape index (κ1) is 17.4. The summed E-state index contributed by atoms with van der Waals surface area (Å²) in [6, 6.07) is 9.57. The number of rotatable bonds is 4. The van der Waals surface area contributed by atoms with E-state index in [1.54, 1.807) is 6.07 Å². The van der Waals surface area contributed by atoms with Gasteiger partial charge in [0, 0.05) is 4.47 Å². The zero-order valence-electron chi connectivity index (χ0n) is 10.6. The van der Waals surface area contributed by atoms with Crippen LogP contribution in [0.5, 0.6) is 5.75 Å². The summed E-state index contributed by atoms with van der Waals surface area (Å²) in [4.78, 5) is -0.815. The molecule has 0 spiro atoms. The number of hydrogen-bond donors (Lipinski definition) is 1. The summed E-state index contributed by atoms with van der Waals surface area (Å²) in [6.45, 7) is 0. The zero-order chi connectivity index (χ0) is 16.5. The van der Waals surface area contributed by atoms with Gasteiger partial charge in [0.05, 0.1) is 4.47 Å². The first-order valence-electron chi connectivity index (χ1n) is 5.58. The van der Waals surface area contributed by atoms with Crippen LogP contribution >= 0.6 is 31.9 Å². The molecule has 0 unspecified atom stereocenters. The van der Waals surface area contributed by atoms with Gasteiger partial charge in [-0.2, -0.15) is 16.8 Å². The molecule has 10 heteroatoms. The third-order valence-corrected chi connectivity index (χ3v) is 6.61. The van der Waals surface area contributed by atoms with Gasteiger partial charge < -0.3 is 4.18 Å². The van der Waals surface area contributed by atoms with E-state index in [1.807, 2.05) is 0 Å². The monoisotopic (exact) mass is 470 g/mol. The predicted molar refractivity (Wildman–Crippen MR) is 85.9 cm³/mol. The largest absolute Gasteiger partial charge is 0.376 e. The van der Waals surface area contributed by atoms with Crippen molar-refractivity contribution in [3.8, 4) is 5.75 Å². The normalized spacial score (nSPS) is 12.1. The van der Waals surface area contributed by atoms with Gasteiger partial charge in [-0.1, -0.05) is 18.2 Å². The van der Waals surface area contributed by atoms with Gasteiger partial charge in [0.25, 0.3) is 10.1 Å². The molecule has 0 amide bonds. The van der Waals surface area contributed by atoms with E-state index >= 15 is 0 Å². The van der Waals surface area contributed by atoms with Crippen LogP contribution in [0.1, 0.15) is 0 Å². The molecule has 2 rings (SSSR count). The van der Waals surface area contributed by atoms with Gasteiger partial charge in [-0.05, 0) is 56.1 Å². The van der Waals surface area contributed by atoms with Crippen LogP contribution in [0.4, 0.5) is 0 Å². The van der Waals surface area contributed by atoms with Crippen LogP contribution in [0.3, 0.4) is 0 Å². The van der Waals surface area contributed by atoms with Crippen LogP contribution in [-0.2, 0) is 20.2 Å². The summed E-state index contributed by atoms with van der Waals surface area (Å²) < 4.78 is 61.7. The smallest absolute Gasteiger partial charge is 0.339 e. The van der Waals surface area contributed by atoms with E-state index in [4.69, 9.17) is 4.18 Å². The highest BCUT2D eigenvalue weighted by Gasteiger charge is 2.26. The lowest BCUT2D eigenvalue weighted by Gasteiger charge is -2.12. The molecule has 1 N–H and O–H groups in total. The van der Waals surface area contributed by atoms with Gasteiger partial charge in [0.2, 0.25) is 0 Å². The number of benzene rings is 2. The Morgan fingerprint density at radius 2 is 1.50 bits per heavy atom. The average molecular weight is 472 g/mol. The fraction of sp³-hybridized carbons (Fsp3) is 0. The molecular formula is C12H8Br2O6S2. The molecule has 0 fully saturated rings. The van der Waals surface area contributed by atoms with Crippen molar-refractivity contribution in [2.24, 2.45) is 0 Å². The fourth-order valence-electron chi connectivity index (χ4n) is 1.54. The summed E-state index contributed by atoms with van der Waals surface area (Å²) in [6.07, 6.45) is 0. The van der Waals surface area contributed by atoms with Crippen LogP contribution in [-0.4, -0.2) is 21.4 Å². The molecule has 0 aliphatic heterocycles. The molecule has 2 aromatic carbocycles. The topological polar surface area (TPSA) is 97.7 Å². The van der Waals surface area contributed by atoms with Crippen LogP contribution < -0.4 is 4.18 Å². The van der Waals surface area contributed by atoms with Crippen molar-refractivity contribution in [3.05, 3.63) is 51.4 Å². The lowest BCUT2D eigenvalue weighted by molar-refractivity contribution is 0.462. The highest BCUT2D eigenvalue weighted by atomic mass is 79.9. The third kappa shape index (κ3) is 3.69. The molecule has 0 aromatic heterocycles. The minimum absolute atomic E-state index is 0.0436. The van der Waals surface area contributed by atoms with E-state index in [-0.39, 0.29) is 9.37 Å². The quantitative estimate of drug-likeness (QED) is 0.543. The van der Waals surface area contributed by atoms with Crippen molar-refractivity contribution < 1.29 is 25.6 Å². The Morgan fingerprint density at radius 3 is 2.05 bits per heavy atom. The Kier molecular flexibility index (Phi) is 4.97. The number of hydrogen-bond acceptors (Lipinski definition) is 5. The van der Waals surface area contributed by atoms with E-state index in [0.29, 0.717) is 4.47 Å². The van der Waals surface area contributed by atoms with Crippen LogP contribution in [0.15, 0.2) is 61.2 Å². The van der Waals surface area contributed by atoms with E-state index in [0.717, 1.165) is 6.07 Å². The first-order valence-corrected chi connectivity index (χ1v) is 10.0. The van der Waals surface area contributed by atoms with E-state index in [2.05, 4.69) is 31.9 Å². The molecule has 0 aliphatic rings. The minimum atomic E-state index is -4.67. The second kappa shape index (κ2) is 6.28. The molecule has 0 aliphatic carbocycles. The van der Waals surface area contributed by atoms with Crippen molar-refractivity contribution in [1.82, 2.24) is 0 Å². The molecule has 0 heterocycles. The lowest BCUT2D eigenvalue weighted by atomic mass is 10.3. The summed E-state index contributed by atoms with van der Waals surface area (Å²) in [5.41, 5.74) is 0. The Labute approximate surface area is 144 Å². The molecule has 0 bridgehead atoms. The van der Waals surface area contributed by atoms with Crippen molar-refractivity contribution >= 4 is 52.1 Å². The Hall–Kier alpha value is -0.940. The molecule has 0 saturated carbocycles. The molecule has 22 heavy (non-hydrogen) atoms. The van der Waals surface area contributed by atoms with Crippen molar-refractivity contribution in [2.45, 2.75) is 9.79 Å². The Bertz CT molecular complexity index is 908. The van der Waals surface area contributed by atoms with Crippen LogP contribution in [0, 0.1) is 0 Å². The Morgan fingerprint density at radius 1 is 0.909 bits per heavy atom. The maximum atomic E-state index is 12.2. The van der Waals surface area contributed by atoms with Gasteiger partial charge in [0.1, 0.15) is 9.79 Å². The van der Waals surface area contributed by atoms with Crippen LogP contribution in [0.25, 0.3) is 0 Å². The molecule has 2 aromatic rings. The second-order valence-electron chi connectivity index (χ2n) is 4.01. The molecule has 6 nitrogen and oxygen atoms in total. The Balaban J connectivity index is 2.61. The molecule has 0 atom stereocenters. The highest BCUT2D eigenvalue weighted by Crippen LogP contribution is 2.39. The number of halogens is 2. The van der Waals surface area contributed by atoms with Gasteiger partial charge in [-0.3, -0.25) is 4.55 Å². The summed E-state index contributed by atoms with van der Waals surface area (Å²) in [5.74, 6) is -0.527. The minimum Gasteiger partial charge on any atom is -0.376 e. The molecule has 0 saturated heterocycles. The SMILES string of the molecule is O=S(=O)(O)c1ccc(Br)c(Br)c1OS(=O)(=O)c1ccccc1. The van der Waals surface area contributed by atoms with E-state index in [1.165, 1.54) is 30.3 Å². The van der Waals surface area contributed by atoms with Crippen molar-refractivity contribution in [1.29, 1.82) is 0 Å². The predicted octanol–water partition coefficient (Wildman–Crippen LogP) is 3.23. The first-order chi connectivity index (χ1) is 10.1. The average Bonchev–Trinajstić information content (AvgIpc) is 2.43. The molecular weight excluding hydrogens is 464 g/mol. The van der Waals surface area contributed by atoms with Gasteiger partial charge in [-0.15, -0.1) is 0 Å². The second-order valence-corrected chi connectivity index (χ2v) is 8.60. The maximum Gasteiger partial charge on any atom is 0.339 e. The molecule has 118 valence electrons. The highest BCUT2D eigenvalue weighted by molar-refractivity contribution is 9.13. The summed E-state index contributed by atoms with van der Waals surface area (Å²) in [5, 5.41) is 0. The van der Waals surface area contributed by atoms with Crippen molar-refractivity contribution in [2.75, 3.05) is 0 Å². The van der Waals surface area contributed by atoms with E-state index in [9.17, 15) is 21.4 Å². The maximum absolute atomic E-state index is 12.2. The standard InChI is InChI=1S/C12H8Br2O6S2/c13-9-6-7-10(21(15,16)17)12(11(9)14)20-22(18,19)8-4-2-1-3-5-8/h1-7H,(H,15,16,17). The van der Waals surface area contributed by atoms with Crippen LogP contribution in [0.2, 0.25) is 0 Å². The molecule has 0 radical (unpaired) electrons. The van der Waals surface area contributed by atoms with Gasteiger partial charge in [-0.25, -0.2) is 0 Å². The summed E-state index contributed by atoms with van der Waals surface area (Å²) >= 11 is 6.15. The lowest BCUT2D eigenvalue weighted by Crippen LogP contribution is -2.13. The fourth-order valence-corrected chi connectivity index (χ4v) is 4.17. The van der Waals surface area contributed by atoms with E-state index < -0.39 is 30.9 Å². The summed E-state index contributed by atoms with van der Waals surface area (Å²) in [7, 11) is -8.93. The zero-order valence-corrected chi connectivity index (χ0v) is 15.4.